The number of hydrogen-bond acceptors (Lipinski definition) is 3. The number of hydrogen-bond donors (Lipinski definition) is 1. The normalized spacial score (nSPS) is 31.9. The van der Waals surface area contributed by atoms with Gasteiger partial charge in [0.25, 0.3) is 0 Å². The number of rotatable bonds is 8. The summed E-state index contributed by atoms with van der Waals surface area (Å²) < 4.78 is 5.32. The summed E-state index contributed by atoms with van der Waals surface area (Å²) >= 11 is 0. The van der Waals surface area contributed by atoms with Crippen LogP contribution in [0.3, 0.4) is 0 Å². The van der Waals surface area contributed by atoms with Gasteiger partial charge in [-0.2, -0.15) is 0 Å². The smallest absolute Gasteiger partial charge is 0.0589 e. The van der Waals surface area contributed by atoms with E-state index in [0.29, 0.717) is 6.04 Å². The van der Waals surface area contributed by atoms with E-state index in [4.69, 9.17) is 4.74 Å². The van der Waals surface area contributed by atoms with Crippen molar-refractivity contribution in [1.82, 2.24) is 10.2 Å². The molecule has 3 unspecified atom stereocenters. The van der Waals surface area contributed by atoms with Crippen molar-refractivity contribution >= 4 is 0 Å². The van der Waals surface area contributed by atoms with Crippen LogP contribution in [-0.2, 0) is 4.74 Å². The third-order valence-corrected chi connectivity index (χ3v) is 4.73. The first-order valence-corrected chi connectivity index (χ1v) is 8.24. The molecule has 1 N–H and O–H groups in total. The topological polar surface area (TPSA) is 24.5 Å². The van der Waals surface area contributed by atoms with Gasteiger partial charge in [-0.15, -0.1) is 0 Å². The molecule has 2 fully saturated rings. The average Bonchev–Trinajstić information content (AvgIpc) is 3.23. The van der Waals surface area contributed by atoms with Gasteiger partial charge in [-0.25, -0.2) is 0 Å². The lowest BCUT2D eigenvalue weighted by molar-refractivity contribution is 0.0647. The van der Waals surface area contributed by atoms with Gasteiger partial charge in [0.05, 0.1) is 6.61 Å². The van der Waals surface area contributed by atoms with Crippen molar-refractivity contribution in [3.05, 3.63) is 0 Å². The molecule has 0 radical (unpaired) electrons. The molecule has 0 spiro atoms. The monoisotopic (exact) mass is 268 g/mol. The van der Waals surface area contributed by atoms with Crippen LogP contribution in [0.4, 0.5) is 0 Å². The van der Waals surface area contributed by atoms with Crippen LogP contribution in [0.15, 0.2) is 0 Å². The van der Waals surface area contributed by atoms with E-state index in [9.17, 15) is 0 Å². The number of nitrogens with zero attached hydrogens (tertiary/aromatic N) is 1. The molecule has 0 heterocycles. The van der Waals surface area contributed by atoms with Crippen molar-refractivity contribution in [2.45, 2.75) is 70.5 Å². The van der Waals surface area contributed by atoms with Gasteiger partial charge in [0.2, 0.25) is 0 Å². The van der Waals surface area contributed by atoms with Gasteiger partial charge in [-0.1, -0.05) is 13.8 Å². The molecule has 3 atom stereocenters. The predicted octanol–water partition coefficient (Wildman–Crippen LogP) is 2.65. The number of ether oxygens (including phenoxy) is 1. The summed E-state index contributed by atoms with van der Waals surface area (Å²) in [4.78, 5) is 2.76. The van der Waals surface area contributed by atoms with E-state index in [1.165, 1.54) is 45.1 Å². The third kappa shape index (κ3) is 4.44. The molecule has 0 aromatic heterocycles. The van der Waals surface area contributed by atoms with E-state index in [2.05, 4.69) is 24.1 Å². The van der Waals surface area contributed by atoms with Gasteiger partial charge in [-0.05, 0) is 51.0 Å². The maximum atomic E-state index is 5.32. The zero-order valence-electron chi connectivity index (χ0n) is 13.0. The minimum atomic E-state index is 0.702. The molecule has 3 heteroatoms. The van der Waals surface area contributed by atoms with Crippen LogP contribution in [0, 0.1) is 5.92 Å². The zero-order chi connectivity index (χ0) is 13.7. The molecule has 2 saturated carbocycles. The summed E-state index contributed by atoms with van der Waals surface area (Å²) in [5.74, 6) is 0.883. The third-order valence-electron chi connectivity index (χ3n) is 4.73. The van der Waals surface area contributed by atoms with Crippen molar-refractivity contribution < 1.29 is 4.74 Å². The van der Waals surface area contributed by atoms with E-state index in [-0.39, 0.29) is 0 Å². The Bertz CT molecular complexity index is 253. The second-order valence-corrected chi connectivity index (χ2v) is 6.51. The summed E-state index contributed by atoms with van der Waals surface area (Å²) in [5.41, 5.74) is 0. The predicted molar refractivity (Wildman–Crippen MR) is 80.5 cm³/mol. The molecule has 0 aromatic carbocycles. The first-order chi connectivity index (χ1) is 9.26. The minimum Gasteiger partial charge on any atom is -0.383 e. The van der Waals surface area contributed by atoms with E-state index >= 15 is 0 Å². The largest absolute Gasteiger partial charge is 0.383 e. The Morgan fingerprint density at radius 1 is 1.21 bits per heavy atom. The molecule has 112 valence electrons. The molecule has 2 aliphatic carbocycles. The maximum absolute atomic E-state index is 5.32. The van der Waals surface area contributed by atoms with E-state index < -0.39 is 0 Å². The Balaban J connectivity index is 1.96. The Kier molecular flexibility index (Phi) is 6.11. The highest BCUT2D eigenvalue weighted by Crippen LogP contribution is 2.35. The number of nitrogens with one attached hydrogen (secondary N) is 1. The Morgan fingerprint density at radius 3 is 2.63 bits per heavy atom. The van der Waals surface area contributed by atoms with Crippen molar-refractivity contribution in [3.63, 3.8) is 0 Å². The molecular weight excluding hydrogens is 236 g/mol. The van der Waals surface area contributed by atoms with Crippen LogP contribution in [0.2, 0.25) is 0 Å². The first-order valence-electron chi connectivity index (χ1n) is 8.24. The van der Waals surface area contributed by atoms with Gasteiger partial charge >= 0.3 is 0 Å². The SMILES string of the molecule is CCCNC1CCC(C)CC1N(CCOC)C1CC1. The van der Waals surface area contributed by atoms with Crippen LogP contribution in [0.1, 0.15) is 52.4 Å². The van der Waals surface area contributed by atoms with Crippen LogP contribution >= 0.6 is 0 Å². The van der Waals surface area contributed by atoms with Crippen molar-refractivity contribution in [3.8, 4) is 0 Å². The van der Waals surface area contributed by atoms with Crippen molar-refractivity contribution in [2.24, 2.45) is 5.92 Å². The van der Waals surface area contributed by atoms with E-state index in [1.807, 2.05) is 7.11 Å². The molecule has 0 amide bonds. The molecule has 0 saturated heterocycles. The molecule has 2 aliphatic rings. The minimum absolute atomic E-state index is 0.702. The van der Waals surface area contributed by atoms with E-state index in [0.717, 1.165) is 31.2 Å². The Morgan fingerprint density at radius 2 is 2.00 bits per heavy atom. The second-order valence-electron chi connectivity index (χ2n) is 6.51. The molecule has 0 aromatic rings. The van der Waals surface area contributed by atoms with E-state index in [1.54, 1.807) is 0 Å². The van der Waals surface area contributed by atoms with Crippen LogP contribution in [-0.4, -0.2) is 49.8 Å². The fraction of sp³-hybridized carbons (Fsp3) is 1.00. The van der Waals surface area contributed by atoms with Gasteiger partial charge in [0.15, 0.2) is 0 Å². The van der Waals surface area contributed by atoms with Crippen molar-refractivity contribution in [2.75, 3.05) is 26.8 Å². The fourth-order valence-corrected chi connectivity index (χ4v) is 3.51. The summed E-state index contributed by atoms with van der Waals surface area (Å²) in [6, 6.07) is 2.28. The van der Waals surface area contributed by atoms with Crippen molar-refractivity contribution in [1.29, 1.82) is 0 Å². The highest BCUT2D eigenvalue weighted by molar-refractivity contribution is 4.96. The summed E-state index contributed by atoms with van der Waals surface area (Å²) in [5, 5.41) is 3.80. The Labute approximate surface area is 119 Å². The summed E-state index contributed by atoms with van der Waals surface area (Å²) in [7, 11) is 1.82. The fourth-order valence-electron chi connectivity index (χ4n) is 3.51. The highest BCUT2D eigenvalue weighted by atomic mass is 16.5. The lowest BCUT2D eigenvalue weighted by Gasteiger charge is -2.43. The van der Waals surface area contributed by atoms with Gasteiger partial charge in [-0.3, -0.25) is 4.90 Å². The standard InChI is InChI=1S/C16H32N2O/c1-4-9-17-15-8-5-13(2)12-16(15)18(10-11-19-3)14-6-7-14/h13-17H,4-12H2,1-3H3. The van der Waals surface area contributed by atoms with Gasteiger partial charge in [0, 0.05) is 31.8 Å². The molecule has 2 rings (SSSR count). The average molecular weight is 268 g/mol. The molecule has 0 aliphatic heterocycles. The summed E-state index contributed by atoms with van der Waals surface area (Å²) in [6.45, 7) is 7.84. The second kappa shape index (κ2) is 7.61. The number of methoxy groups -OCH3 is 1. The quantitative estimate of drug-likeness (QED) is 0.732. The van der Waals surface area contributed by atoms with Crippen LogP contribution in [0.5, 0.6) is 0 Å². The lowest BCUT2D eigenvalue weighted by atomic mass is 9.82. The zero-order valence-corrected chi connectivity index (χ0v) is 13.0. The lowest BCUT2D eigenvalue weighted by Crippen LogP contribution is -2.54. The Hall–Kier alpha value is -0.120. The summed E-state index contributed by atoms with van der Waals surface area (Å²) in [6.07, 6.45) is 8.13. The van der Waals surface area contributed by atoms with Crippen LogP contribution in [0.25, 0.3) is 0 Å². The molecule has 3 nitrogen and oxygen atoms in total. The van der Waals surface area contributed by atoms with Crippen LogP contribution < -0.4 is 5.32 Å². The van der Waals surface area contributed by atoms with Gasteiger partial charge < -0.3 is 10.1 Å². The molecule has 0 bridgehead atoms. The first kappa shape index (κ1) is 15.3. The molecular formula is C16H32N2O. The highest BCUT2D eigenvalue weighted by Gasteiger charge is 2.39. The van der Waals surface area contributed by atoms with Gasteiger partial charge in [0.1, 0.15) is 0 Å². The maximum Gasteiger partial charge on any atom is 0.0589 e. The molecule has 19 heavy (non-hydrogen) atoms.